The number of halogens is 3. The quantitative estimate of drug-likeness (QED) is 0.340. The average Bonchev–Trinajstić information content (AvgIpc) is 3.11. The molecule has 0 spiro atoms. The number of nitrogens with zero attached hydrogens (tertiary/aromatic N) is 2. The summed E-state index contributed by atoms with van der Waals surface area (Å²) >= 11 is 0. The molecule has 1 aliphatic rings. The summed E-state index contributed by atoms with van der Waals surface area (Å²) in [7, 11) is -4.05. The van der Waals surface area contributed by atoms with Gasteiger partial charge in [-0.25, -0.2) is 21.6 Å². The second-order valence-electron chi connectivity index (χ2n) is 8.98. The molecule has 1 aromatic heterocycles. The van der Waals surface area contributed by atoms with E-state index in [4.69, 9.17) is 0 Å². The molecular weight excluding hydrogens is 473 g/mol. The summed E-state index contributed by atoms with van der Waals surface area (Å²) in [6.07, 6.45) is 1.18. The molecule has 4 aromatic rings. The van der Waals surface area contributed by atoms with Gasteiger partial charge in [0.15, 0.2) is 0 Å². The first-order valence-electron chi connectivity index (χ1n) is 11.5. The summed E-state index contributed by atoms with van der Waals surface area (Å²) in [6.45, 7) is 3.17. The molecule has 1 saturated heterocycles. The fourth-order valence-corrected chi connectivity index (χ4v) is 6.67. The lowest BCUT2D eigenvalue weighted by atomic mass is 9.88. The molecule has 1 aliphatic heterocycles. The smallest absolute Gasteiger partial charge is 0.245 e. The van der Waals surface area contributed by atoms with Crippen molar-refractivity contribution < 1.29 is 21.6 Å². The van der Waals surface area contributed by atoms with Gasteiger partial charge in [-0.1, -0.05) is 30.3 Å². The van der Waals surface area contributed by atoms with Crippen molar-refractivity contribution in [1.82, 2.24) is 8.87 Å². The SMILES string of the molecule is Cc1c(C2CCN(S(=O)(=O)c3ccc(F)cc3F)CC2)c2ccccc2n1Cc1ccc(F)cc1. The van der Waals surface area contributed by atoms with Gasteiger partial charge in [-0.3, -0.25) is 0 Å². The molecule has 0 unspecified atom stereocenters. The molecule has 3 aromatic carbocycles. The average molecular weight is 499 g/mol. The first-order valence-corrected chi connectivity index (χ1v) is 13.0. The predicted molar refractivity (Wildman–Crippen MR) is 129 cm³/mol. The van der Waals surface area contributed by atoms with Crippen molar-refractivity contribution in [3.8, 4) is 0 Å². The standard InChI is InChI=1S/C27H25F3N2O2S/c1-18-27(23-4-2-3-5-25(23)32(18)17-19-6-8-21(28)9-7-19)20-12-14-31(15-13-20)35(33,34)26-11-10-22(29)16-24(26)30/h2-11,16,20H,12-15,17H2,1H3. The van der Waals surface area contributed by atoms with Crippen molar-refractivity contribution in [3.63, 3.8) is 0 Å². The topological polar surface area (TPSA) is 42.3 Å². The van der Waals surface area contributed by atoms with Crippen molar-refractivity contribution in [2.24, 2.45) is 0 Å². The fourth-order valence-electron chi connectivity index (χ4n) is 5.16. The molecular formula is C27H25F3N2O2S. The molecule has 2 heterocycles. The highest BCUT2D eigenvalue weighted by Crippen LogP contribution is 2.39. The van der Waals surface area contributed by atoms with Crippen LogP contribution in [-0.4, -0.2) is 30.4 Å². The third-order valence-electron chi connectivity index (χ3n) is 6.91. The van der Waals surface area contributed by atoms with Gasteiger partial charge >= 0.3 is 0 Å². The molecule has 8 heteroatoms. The largest absolute Gasteiger partial charge is 0.340 e. The molecule has 0 radical (unpaired) electrons. The van der Waals surface area contributed by atoms with Crippen LogP contribution < -0.4 is 0 Å². The van der Waals surface area contributed by atoms with Crippen molar-refractivity contribution in [3.05, 3.63) is 101 Å². The maximum atomic E-state index is 14.2. The van der Waals surface area contributed by atoms with Gasteiger partial charge in [0, 0.05) is 42.3 Å². The molecule has 1 fully saturated rings. The number of fused-ring (bicyclic) bond motifs is 1. The maximum Gasteiger partial charge on any atom is 0.245 e. The van der Waals surface area contributed by atoms with E-state index in [0.717, 1.165) is 34.3 Å². The second-order valence-corrected chi connectivity index (χ2v) is 10.9. The maximum absolute atomic E-state index is 14.2. The Morgan fingerprint density at radius 2 is 1.54 bits per heavy atom. The number of hydrogen-bond acceptors (Lipinski definition) is 2. The van der Waals surface area contributed by atoms with Crippen LogP contribution >= 0.6 is 0 Å². The zero-order valence-electron chi connectivity index (χ0n) is 19.2. The number of sulfonamides is 1. The van der Waals surface area contributed by atoms with Crippen LogP contribution in [0.4, 0.5) is 13.2 Å². The molecule has 5 rings (SSSR count). The molecule has 0 atom stereocenters. The van der Waals surface area contributed by atoms with E-state index in [1.807, 2.05) is 12.1 Å². The molecule has 182 valence electrons. The Balaban J connectivity index is 1.42. The van der Waals surface area contributed by atoms with Crippen molar-refractivity contribution in [2.75, 3.05) is 13.1 Å². The van der Waals surface area contributed by atoms with E-state index in [0.29, 0.717) is 25.5 Å². The van der Waals surface area contributed by atoms with Crippen molar-refractivity contribution >= 4 is 20.9 Å². The lowest BCUT2D eigenvalue weighted by molar-refractivity contribution is 0.318. The van der Waals surface area contributed by atoms with E-state index in [1.54, 1.807) is 12.1 Å². The number of rotatable bonds is 5. The molecule has 0 N–H and O–H groups in total. The monoisotopic (exact) mass is 498 g/mol. The summed E-state index contributed by atoms with van der Waals surface area (Å²) in [6, 6.07) is 17.1. The Bertz CT molecular complexity index is 1490. The van der Waals surface area contributed by atoms with Gasteiger partial charge in [-0.05, 0) is 67.1 Å². The van der Waals surface area contributed by atoms with Crippen LogP contribution in [0, 0.1) is 24.4 Å². The van der Waals surface area contributed by atoms with E-state index in [1.165, 1.54) is 22.0 Å². The van der Waals surface area contributed by atoms with Crippen LogP contribution in [-0.2, 0) is 16.6 Å². The van der Waals surface area contributed by atoms with Crippen LogP contribution in [0.25, 0.3) is 10.9 Å². The summed E-state index contributed by atoms with van der Waals surface area (Å²) < 4.78 is 70.4. The number of hydrogen-bond donors (Lipinski definition) is 0. The molecule has 4 nitrogen and oxygen atoms in total. The summed E-state index contributed by atoms with van der Waals surface area (Å²) in [5.41, 5.74) is 4.35. The Hall–Kier alpha value is -3.10. The molecule has 0 amide bonds. The molecule has 0 saturated carbocycles. The highest BCUT2D eigenvalue weighted by Gasteiger charge is 2.33. The van der Waals surface area contributed by atoms with Crippen LogP contribution in [0.15, 0.2) is 71.6 Å². The van der Waals surface area contributed by atoms with Crippen molar-refractivity contribution in [2.45, 2.75) is 37.1 Å². The predicted octanol–water partition coefficient (Wildman–Crippen LogP) is 5.98. The van der Waals surface area contributed by atoms with Crippen LogP contribution in [0.3, 0.4) is 0 Å². The van der Waals surface area contributed by atoms with E-state index in [2.05, 4.69) is 23.6 Å². The molecule has 0 bridgehead atoms. The van der Waals surface area contributed by atoms with E-state index >= 15 is 0 Å². The minimum absolute atomic E-state index is 0.138. The van der Waals surface area contributed by atoms with Gasteiger partial charge in [-0.2, -0.15) is 4.31 Å². The lowest BCUT2D eigenvalue weighted by Gasteiger charge is -2.31. The fraction of sp³-hybridized carbons (Fsp3) is 0.259. The summed E-state index contributed by atoms with van der Waals surface area (Å²) in [5.74, 6) is -2.02. The Morgan fingerprint density at radius 1 is 0.886 bits per heavy atom. The van der Waals surface area contributed by atoms with Gasteiger partial charge in [0.25, 0.3) is 0 Å². The van der Waals surface area contributed by atoms with Gasteiger partial charge in [0.05, 0.1) is 0 Å². The van der Waals surface area contributed by atoms with E-state index in [9.17, 15) is 21.6 Å². The third kappa shape index (κ3) is 4.36. The van der Waals surface area contributed by atoms with Gasteiger partial charge in [-0.15, -0.1) is 0 Å². The highest BCUT2D eigenvalue weighted by molar-refractivity contribution is 7.89. The van der Waals surface area contributed by atoms with Gasteiger partial charge < -0.3 is 4.57 Å². The lowest BCUT2D eigenvalue weighted by Crippen LogP contribution is -2.38. The van der Waals surface area contributed by atoms with E-state index < -0.39 is 26.6 Å². The van der Waals surface area contributed by atoms with Crippen molar-refractivity contribution in [1.29, 1.82) is 0 Å². The van der Waals surface area contributed by atoms with Crippen LogP contribution in [0.1, 0.15) is 35.6 Å². The first-order chi connectivity index (χ1) is 16.8. The normalized spacial score (nSPS) is 15.7. The minimum Gasteiger partial charge on any atom is -0.340 e. The summed E-state index contributed by atoms with van der Waals surface area (Å²) in [4.78, 5) is -0.496. The zero-order chi connectivity index (χ0) is 24.7. The number of aromatic nitrogens is 1. The molecule has 0 aliphatic carbocycles. The number of para-hydroxylation sites is 1. The minimum atomic E-state index is -4.05. The Kier molecular flexibility index (Phi) is 6.19. The van der Waals surface area contributed by atoms with E-state index in [-0.39, 0.29) is 24.8 Å². The Labute approximate surface area is 202 Å². The highest BCUT2D eigenvalue weighted by atomic mass is 32.2. The van der Waals surface area contributed by atoms with Crippen LogP contribution in [0.2, 0.25) is 0 Å². The van der Waals surface area contributed by atoms with Gasteiger partial charge in [0.2, 0.25) is 10.0 Å². The number of benzene rings is 3. The first kappa shape index (κ1) is 23.6. The molecule has 35 heavy (non-hydrogen) atoms. The summed E-state index contributed by atoms with van der Waals surface area (Å²) in [5, 5.41) is 1.12. The number of piperidine rings is 1. The van der Waals surface area contributed by atoms with Crippen LogP contribution in [0.5, 0.6) is 0 Å². The third-order valence-corrected chi connectivity index (χ3v) is 8.84. The second kappa shape index (κ2) is 9.17. The van der Waals surface area contributed by atoms with Gasteiger partial charge in [0.1, 0.15) is 22.3 Å². The Morgan fingerprint density at radius 3 is 2.23 bits per heavy atom. The zero-order valence-corrected chi connectivity index (χ0v) is 20.0.